The maximum atomic E-state index is 13.1. The van der Waals surface area contributed by atoms with Crippen molar-refractivity contribution < 1.29 is 18.9 Å². The van der Waals surface area contributed by atoms with Gasteiger partial charge in [-0.25, -0.2) is 9.97 Å². The van der Waals surface area contributed by atoms with Gasteiger partial charge in [-0.1, -0.05) is 0 Å². The van der Waals surface area contributed by atoms with E-state index in [0.29, 0.717) is 22.6 Å². The largest absolute Gasteiger partial charge is 0.416 e. The number of hydrogen-bond donors (Lipinski definition) is 2. The lowest BCUT2D eigenvalue weighted by Gasteiger charge is -2.34. The zero-order valence-corrected chi connectivity index (χ0v) is 14.0. The molecule has 2 heterocycles. The zero-order valence-electron chi connectivity index (χ0n) is 14.0. The molecule has 0 spiro atoms. The molecule has 1 aliphatic heterocycles. The van der Waals surface area contributed by atoms with Crippen LogP contribution in [0.25, 0.3) is 10.9 Å². The molecule has 8 heteroatoms. The van der Waals surface area contributed by atoms with E-state index >= 15 is 0 Å². The van der Waals surface area contributed by atoms with E-state index in [-0.39, 0.29) is 0 Å². The van der Waals surface area contributed by atoms with Gasteiger partial charge in [0.15, 0.2) is 0 Å². The van der Waals surface area contributed by atoms with Crippen LogP contribution in [0.1, 0.15) is 18.4 Å². The van der Waals surface area contributed by atoms with E-state index in [0.717, 1.165) is 57.7 Å². The second kappa shape index (κ2) is 7.53. The first-order chi connectivity index (χ1) is 12.0. The smallest absolute Gasteiger partial charge is 0.357 e. The van der Waals surface area contributed by atoms with Crippen LogP contribution in [0.2, 0.25) is 0 Å². The fraction of sp³-hybridized carbons (Fsp3) is 0.529. The van der Waals surface area contributed by atoms with Crippen LogP contribution < -0.4 is 16.0 Å². The topological polar surface area (TPSA) is 68.7 Å². The van der Waals surface area contributed by atoms with Crippen LogP contribution in [0.5, 0.6) is 0 Å². The number of quaternary nitrogens is 1. The SMILES string of the molecule is [NH3+]CCNCC1CCCN(c2ncnc3ccc(C(F)(F)F)cc23)C1. The van der Waals surface area contributed by atoms with Crippen LogP contribution in [0.3, 0.4) is 0 Å². The molecule has 1 fully saturated rings. The van der Waals surface area contributed by atoms with Crippen LogP contribution in [0, 0.1) is 5.92 Å². The van der Waals surface area contributed by atoms with Gasteiger partial charge >= 0.3 is 6.18 Å². The van der Waals surface area contributed by atoms with E-state index < -0.39 is 11.7 Å². The van der Waals surface area contributed by atoms with Gasteiger partial charge in [0.05, 0.1) is 17.6 Å². The molecule has 1 aromatic heterocycles. The number of nitrogens with zero attached hydrogens (tertiary/aromatic N) is 3. The molecule has 1 unspecified atom stereocenters. The summed E-state index contributed by atoms with van der Waals surface area (Å²) < 4.78 is 39.2. The summed E-state index contributed by atoms with van der Waals surface area (Å²) in [6, 6.07) is 3.65. The molecule has 5 nitrogen and oxygen atoms in total. The Balaban J connectivity index is 1.86. The molecule has 0 saturated carbocycles. The summed E-state index contributed by atoms with van der Waals surface area (Å²) in [5.41, 5.74) is 3.68. The van der Waals surface area contributed by atoms with Crippen LogP contribution in [-0.2, 0) is 6.18 Å². The number of rotatable bonds is 5. The molecule has 2 aromatic rings. The number of anilines is 1. The molecule has 136 valence electrons. The van der Waals surface area contributed by atoms with Gasteiger partial charge in [-0.15, -0.1) is 0 Å². The third-order valence-corrected chi connectivity index (χ3v) is 4.55. The second-order valence-corrected chi connectivity index (χ2v) is 6.44. The molecule has 0 radical (unpaired) electrons. The van der Waals surface area contributed by atoms with E-state index in [4.69, 9.17) is 0 Å². The monoisotopic (exact) mass is 354 g/mol. The Kier molecular flexibility index (Phi) is 5.39. The summed E-state index contributed by atoms with van der Waals surface area (Å²) in [5, 5.41) is 3.83. The van der Waals surface area contributed by atoms with Gasteiger partial charge in [0.2, 0.25) is 0 Å². The lowest BCUT2D eigenvalue weighted by molar-refractivity contribution is -0.365. The highest BCUT2D eigenvalue weighted by molar-refractivity contribution is 5.90. The predicted octanol–water partition coefficient (Wildman–Crippen LogP) is 1.70. The number of nitrogens with one attached hydrogen (secondary N) is 1. The average molecular weight is 354 g/mol. The molecule has 1 atom stereocenters. The molecule has 25 heavy (non-hydrogen) atoms. The number of alkyl halides is 3. The minimum Gasteiger partial charge on any atom is -0.357 e. The summed E-state index contributed by atoms with van der Waals surface area (Å²) in [7, 11) is 0. The number of aromatic nitrogens is 2. The first kappa shape index (κ1) is 17.9. The van der Waals surface area contributed by atoms with Gasteiger partial charge in [-0.2, -0.15) is 13.2 Å². The number of halogens is 3. The molecule has 0 aliphatic carbocycles. The maximum Gasteiger partial charge on any atom is 0.416 e. The predicted molar refractivity (Wildman–Crippen MR) is 90.1 cm³/mol. The van der Waals surface area contributed by atoms with Gasteiger partial charge in [-0.3, -0.25) is 0 Å². The molecule has 0 bridgehead atoms. The van der Waals surface area contributed by atoms with Crippen molar-refractivity contribution in [2.75, 3.05) is 37.6 Å². The molecule has 4 N–H and O–H groups in total. The van der Waals surface area contributed by atoms with Crippen molar-refractivity contribution in [1.82, 2.24) is 15.3 Å². The number of hydrogen-bond acceptors (Lipinski definition) is 4. The molecular formula is C17H23F3N5+. The zero-order chi connectivity index (χ0) is 17.9. The molecule has 0 amide bonds. The third-order valence-electron chi connectivity index (χ3n) is 4.55. The number of benzene rings is 1. The van der Waals surface area contributed by atoms with Gasteiger partial charge in [0, 0.05) is 25.0 Å². The summed E-state index contributed by atoms with van der Waals surface area (Å²) in [5.74, 6) is 1.05. The van der Waals surface area contributed by atoms with E-state index in [1.807, 2.05) is 0 Å². The minimum absolute atomic E-state index is 0.455. The van der Waals surface area contributed by atoms with Crippen LogP contribution >= 0.6 is 0 Å². The summed E-state index contributed by atoms with van der Waals surface area (Å²) in [6.45, 7) is 4.19. The molecule has 1 saturated heterocycles. The van der Waals surface area contributed by atoms with Gasteiger partial charge in [-0.05, 0) is 43.5 Å². The van der Waals surface area contributed by atoms with Crippen molar-refractivity contribution in [3.05, 3.63) is 30.1 Å². The normalized spacial score (nSPS) is 18.7. The lowest BCUT2D eigenvalue weighted by atomic mass is 9.97. The Labute approximate surface area is 144 Å². The van der Waals surface area contributed by atoms with E-state index in [2.05, 4.69) is 25.9 Å². The Morgan fingerprint density at radius 3 is 2.88 bits per heavy atom. The highest BCUT2D eigenvalue weighted by Crippen LogP contribution is 2.34. The fourth-order valence-electron chi connectivity index (χ4n) is 3.33. The van der Waals surface area contributed by atoms with Crippen molar-refractivity contribution in [1.29, 1.82) is 0 Å². The number of piperidine rings is 1. The highest BCUT2D eigenvalue weighted by Gasteiger charge is 2.31. The van der Waals surface area contributed by atoms with Gasteiger partial charge in [0.25, 0.3) is 0 Å². The Bertz CT molecular complexity index is 719. The van der Waals surface area contributed by atoms with Crippen LogP contribution in [0.15, 0.2) is 24.5 Å². The second-order valence-electron chi connectivity index (χ2n) is 6.44. The number of fused-ring (bicyclic) bond motifs is 1. The fourth-order valence-corrected chi connectivity index (χ4v) is 3.33. The molecule has 1 aromatic carbocycles. The average Bonchev–Trinajstić information content (AvgIpc) is 2.60. The quantitative estimate of drug-likeness (QED) is 0.802. The Morgan fingerprint density at radius 2 is 2.12 bits per heavy atom. The van der Waals surface area contributed by atoms with E-state index in [1.54, 1.807) is 0 Å². The molecule has 1 aliphatic rings. The van der Waals surface area contributed by atoms with E-state index in [1.165, 1.54) is 12.4 Å². The van der Waals surface area contributed by atoms with Crippen molar-refractivity contribution in [2.45, 2.75) is 19.0 Å². The standard InChI is InChI=1S/C17H22F3N5/c18-17(19,20)13-3-4-15-14(8-13)16(24-11-23-15)25-7-1-2-12(10-25)9-22-6-5-21/h3-4,8,11-12,22H,1-2,5-7,9-10,21H2/p+1. The summed E-state index contributed by atoms with van der Waals surface area (Å²) >= 11 is 0. The third kappa shape index (κ3) is 4.19. The Hall–Kier alpha value is -1.93. The van der Waals surface area contributed by atoms with Crippen molar-refractivity contribution in [2.24, 2.45) is 5.92 Å². The minimum atomic E-state index is -4.37. The molecular weight excluding hydrogens is 331 g/mol. The molecule has 3 rings (SSSR count). The van der Waals surface area contributed by atoms with Crippen LogP contribution in [0.4, 0.5) is 19.0 Å². The first-order valence-electron chi connectivity index (χ1n) is 8.56. The highest BCUT2D eigenvalue weighted by atomic mass is 19.4. The van der Waals surface area contributed by atoms with Crippen molar-refractivity contribution in [3.8, 4) is 0 Å². The van der Waals surface area contributed by atoms with Crippen LogP contribution in [-0.4, -0.2) is 42.7 Å². The van der Waals surface area contributed by atoms with E-state index in [9.17, 15) is 13.2 Å². The summed E-state index contributed by atoms with van der Waals surface area (Å²) in [4.78, 5) is 10.5. The van der Waals surface area contributed by atoms with Gasteiger partial charge in [0.1, 0.15) is 12.1 Å². The lowest BCUT2D eigenvalue weighted by Crippen LogP contribution is -2.54. The first-order valence-corrected chi connectivity index (χ1v) is 8.56. The maximum absolute atomic E-state index is 13.1. The van der Waals surface area contributed by atoms with Gasteiger partial charge < -0.3 is 16.0 Å². The van der Waals surface area contributed by atoms with Crippen molar-refractivity contribution in [3.63, 3.8) is 0 Å². The Morgan fingerprint density at radius 1 is 1.28 bits per heavy atom. The summed E-state index contributed by atoms with van der Waals surface area (Å²) in [6.07, 6.45) is -0.835. The van der Waals surface area contributed by atoms with Crippen molar-refractivity contribution >= 4 is 16.7 Å².